The lowest BCUT2D eigenvalue weighted by Crippen LogP contribution is -2.48. The molecule has 0 aliphatic heterocycles. The summed E-state index contributed by atoms with van der Waals surface area (Å²) in [5, 5.41) is 6.05. The van der Waals surface area contributed by atoms with Gasteiger partial charge in [-0.2, -0.15) is 0 Å². The fraction of sp³-hybridized carbons (Fsp3) is 0.182. The Hall–Kier alpha value is -3.52. The van der Waals surface area contributed by atoms with Gasteiger partial charge in [0.15, 0.2) is 11.6 Å². The molecule has 0 spiro atoms. The van der Waals surface area contributed by atoms with Crippen molar-refractivity contribution in [2.45, 2.75) is 24.9 Å². The average Bonchev–Trinajstić information content (AvgIpc) is 3.56. The van der Waals surface area contributed by atoms with Gasteiger partial charge < -0.3 is 15.4 Å². The molecule has 7 nitrogen and oxygen atoms in total. The molecule has 1 saturated carbocycles. The van der Waals surface area contributed by atoms with E-state index in [2.05, 4.69) is 20.6 Å². The Balaban J connectivity index is 1.34. The zero-order chi connectivity index (χ0) is 21.8. The third kappa shape index (κ3) is 4.97. The van der Waals surface area contributed by atoms with Gasteiger partial charge in [-0.05, 0) is 54.8 Å². The van der Waals surface area contributed by atoms with Gasteiger partial charge in [0, 0.05) is 24.0 Å². The highest BCUT2D eigenvalue weighted by atomic mass is 35.5. The molecule has 2 amide bonds. The molecule has 0 atom stereocenters. The molecule has 2 N–H and O–H groups in total. The first-order chi connectivity index (χ1) is 14.9. The van der Waals surface area contributed by atoms with Crippen LogP contribution in [0.25, 0.3) is 0 Å². The van der Waals surface area contributed by atoms with Gasteiger partial charge in [0.1, 0.15) is 17.6 Å². The lowest BCUT2D eigenvalue weighted by molar-refractivity contribution is -0.124. The van der Waals surface area contributed by atoms with Crippen LogP contribution in [-0.4, -0.2) is 27.3 Å². The molecule has 1 aliphatic carbocycles. The summed E-state index contributed by atoms with van der Waals surface area (Å²) < 4.78 is 19.9. The number of nitrogens with one attached hydrogen (secondary N) is 2. The number of amides is 2. The Bertz CT molecular complexity index is 1110. The highest BCUT2D eigenvalue weighted by Gasteiger charge is 2.51. The van der Waals surface area contributed by atoms with Gasteiger partial charge in [-0.15, -0.1) is 0 Å². The summed E-state index contributed by atoms with van der Waals surface area (Å²) in [6.07, 6.45) is 5.14. The molecule has 0 bridgehead atoms. The van der Waals surface area contributed by atoms with Crippen molar-refractivity contribution in [3.05, 3.63) is 83.2 Å². The summed E-state index contributed by atoms with van der Waals surface area (Å²) >= 11 is 5.83. The predicted molar refractivity (Wildman–Crippen MR) is 111 cm³/mol. The van der Waals surface area contributed by atoms with Crippen LogP contribution < -0.4 is 15.4 Å². The minimum atomic E-state index is -0.955. The van der Waals surface area contributed by atoms with Crippen LogP contribution in [0.15, 0.2) is 61.2 Å². The van der Waals surface area contributed by atoms with Crippen LogP contribution in [0.5, 0.6) is 11.5 Å². The van der Waals surface area contributed by atoms with Crippen LogP contribution in [0.4, 0.5) is 4.39 Å². The number of halogens is 2. The zero-order valence-electron chi connectivity index (χ0n) is 16.3. The molecular formula is C22H18ClFN4O3. The van der Waals surface area contributed by atoms with Crippen LogP contribution in [0, 0.1) is 5.82 Å². The normalized spacial score (nSPS) is 13.9. The van der Waals surface area contributed by atoms with E-state index in [1.54, 1.807) is 30.3 Å². The average molecular weight is 441 g/mol. The van der Waals surface area contributed by atoms with Gasteiger partial charge >= 0.3 is 0 Å². The quantitative estimate of drug-likeness (QED) is 0.585. The smallest absolute Gasteiger partial charge is 0.255 e. The van der Waals surface area contributed by atoms with Crippen LogP contribution in [0.3, 0.4) is 0 Å². The molecule has 0 radical (unpaired) electrons. The van der Waals surface area contributed by atoms with Crippen molar-refractivity contribution < 1.29 is 18.7 Å². The maximum absolute atomic E-state index is 14.4. The molecule has 1 heterocycles. The number of aromatic nitrogens is 2. The predicted octanol–water partition coefficient (Wildman–Crippen LogP) is 3.64. The van der Waals surface area contributed by atoms with Gasteiger partial charge in [0.2, 0.25) is 5.91 Å². The second-order valence-electron chi connectivity index (χ2n) is 7.17. The van der Waals surface area contributed by atoms with Crippen molar-refractivity contribution >= 4 is 23.4 Å². The topological polar surface area (TPSA) is 93.2 Å². The molecule has 1 aromatic heterocycles. The summed E-state index contributed by atoms with van der Waals surface area (Å²) in [7, 11) is 0. The number of rotatable bonds is 7. The monoisotopic (exact) mass is 440 g/mol. The van der Waals surface area contributed by atoms with Crippen LogP contribution in [-0.2, 0) is 11.3 Å². The second kappa shape index (κ2) is 8.69. The first-order valence-electron chi connectivity index (χ1n) is 9.53. The van der Waals surface area contributed by atoms with Gasteiger partial charge in [-0.25, -0.2) is 14.4 Å². The minimum absolute atomic E-state index is 0.0633. The Morgan fingerprint density at radius 3 is 2.45 bits per heavy atom. The SMILES string of the molecule is O=C(NC1(C(=O)NCc2ccc(Oc3ccc(Cl)cc3)c(F)c2)CC1)c1cncnc1. The van der Waals surface area contributed by atoms with Crippen molar-refractivity contribution in [3.8, 4) is 11.5 Å². The Labute approximate surface area is 182 Å². The highest BCUT2D eigenvalue weighted by Crippen LogP contribution is 2.36. The molecule has 2 aromatic carbocycles. The van der Waals surface area contributed by atoms with Gasteiger partial charge in [-0.1, -0.05) is 17.7 Å². The number of hydrogen-bond donors (Lipinski definition) is 2. The lowest BCUT2D eigenvalue weighted by atomic mass is 10.1. The van der Waals surface area contributed by atoms with E-state index in [4.69, 9.17) is 16.3 Å². The maximum atomic E-state index is 14.4. The zero-order valence-corrected chi connectivity index (χ0v) is 17.0. The van der Waals surface area contributed by atoms with E-state index >= 15 is 0 Å². The summed E-state index contributed by atoms with van der Waals surface area (Å²) in [6.45, 7) is 0.114. The Morgan fingerprint density at radius 2 is 1.81 bits per heavy atom. The van der Waals surface area contributed by atoms with E-state index in [1.807, 2.05) is 0 Å². The molecular weight excluding hydrogens is 423 g/mol. The van der Waals surface area contributed by atoms with Crippen molar-refractivity contribution in [1.82, 2.24) is 20.6 Å². The first-order valence-corrected chi connectivity index (χ1v) is 9.91. The second-order valence-corrected chi connectivity index (χ2v) is 7.60. The van der Waals surface area contributed by atoms with Crippen molar-refractivity contribution in [2.24, 2.45) is 0 Å². The molecule has 0 unspecified atom stereocenters. The molecule has 0 saturated heterocycles. The lowest BCUT2D eigenvalue weighted by Gasteiger charge is -2.17. The van der Waals surface area contributed by atoms with Crippen molar-refractivity contribution in [2.75, 3.05) is 0 Å². The van der Waals surface area contributed by atoms with E-state index in [0.717, 1.165) is 0 Å². The number of ether oxygens (including phenoxy) is 1. The molecule has 31 heavy (non-hydrogen) atoms. The van der Waals surface area contributed by atoms with Gasteiger partial charge in [0.05, 0.1) is 5.56 Å². The van der Waals surface area contributed by atoms with E-state index < -0.39 is 17.3 Å². The highest BCUT2D eigenvalue weighted by molar-refractivity contribution is 6.30. The Morgan fingerprint density at radius 1 is 1.10 bits per heavy atom. The van der Waals surface area contributed by atoms with Crippen LogP contribution in [0.2, 0.25) is 5.02 Å². The van der Waals surface area contributed by atoms with Crippen molar-refractivity contribution in [1.29, 1.82) is 0 Å². The number of hydrogen-bond acceptors (Lipinski definition) is 5. The summed E-state index contributed by atoms with van der Waals surface area (Å²) in [4.78, 5) is 32.5. The van der Waals surface area contributed by atoms with E-state index in [0.29, 0.717) is 29.2 Å². The molecule has 9 heteroatoms. The van der Waals surface area contributed by atoms with Gasteiger partial charge in [0.25, 0.3) is 5.91 Å². The molecule has 1 aliphatic rings. The van der Waals surface area contributed by atoms with Crippen molar-refractivity contribution in [3.63, 3.8) is 0 Å². The number of carbonyl (C=O) groups is 2. The largest absolute Gasteiger partial charge is 0.454 e. The number of benzene rings is 2. The van der Waals surface area contributed by atoms with Gasteiger partial charge in [-0.3, -0.25) is 9.59 Å². The number of carbonyl (C=O) groups excluding carboxylic acids is 2. The third-order valence-electron chi connectivity index (χ3n) is 4.85. The summed E-state index contributed by atoms with van der Waals surface area (Å²) in [5.74, 6) is -0.768. The molecule has 158 valence electrons. The molecule has 1 fully saturated rings. The fourth-order valence-electron chi connectivity index (χ4n) is 2.96. The van der Waals surface area contributed by atoms with Crippen LogP contribution in [0.1, 0.15) is 28.8 Å². The summed E-state index contributed by atoms with van der Waals surface area (Å²) in [5.41, 5.74) is -0.115. The van der Waals surface area contributed by atoms with Crippen LogP contribution >= 0.6 is 11.6 Å². The fourth-order valence-corrected chi connectivity index (χ4v) is 3.08. The Kier molecular flexibility index (Phi) is 5.81. The standard InChI is InChI=1S/C22H18ClFN4O3/c23-16-2-4-17(5-3-16)31-19-6-1-14(9-18(19)24)10-27-21(30)22(7-8-22)28-20(29)15-11-25-13-26-12-15/h1-6,9,11-13H,7-8,10H2,(H,27,30)(H,28,29). The molecule has 4 rings (SSSR count). The van der Waals surface area contributed by atoms with E-state index in [-0.39, 0.29) is 23.8 Å². The maximum Gasteiger partial charge on any atom is 0.255 e. The number of nitrogens with zero attached hydrogens (tertiary/aromatic N) is 2. The van der Waals surface area contributed by atoms with E-state index in [9.17, 15) is 14.0 Å². The first kappa shape index (κ1) is 20.7. The summed E-state index contributed by atoms with van der Waals surface area (Å²) in [6, 6.07) is 11.0. The minimum Gasteiger partial charge on any atom is -0.454 e. The third-order valence-corrected chi connectivity index (χ3v) is 5.10. The van der Waals surface area contributed by atoms with E-state index in [1.165, 1.54) is 30.9 Å². The molecule has 3 aromatic rings.